The van der Waals surface area contributed by atoms with E-state index in [0.29, 0.717) is 6.42 Å². The number of nitrogens with zero attached hydrogens (tertiary/aromatic N) is 1. The quantitative estimate of drug-likeness (QED) is 0.809. The number of carbonyl (C=O) groups excluding carboxylic acids is 1. The molecule has 1 aromatic heterocycles. The fourth-order valence-corrected chi connectivity index (χ4v) is 2.69. The molecule has 0 aliphatic heterocycles. The highest BCUT2D eigenvalue weighted by Crippen LogP contribution is 2.17. The van der Waals surface area contributed by atoms with E-state index in [1.165, 1.54) is 11.3 Å². The molecular weight excluding hydrogens is 286 g/mol. The van der Waals surface area contributed by atoms with Crippen molar-refractivity contribution in [3.05, 3.63) is 50.4 Å². The standard InChI is InChI=1S/C12H10BrNOS/c1-8-2-9(4-10(13)3-8)12(15)5-11-6-14-7-16-11/h2-4,6-7H,5H2,1H3. The van der Waals surface area contributed by atoms with E-state index in [9.17, 15) is 4.79 Å². The number of Topliss-reactive ketones (excluding diaryl/α,β-unsaturated/α-hetero) is 1. The third-order valence-electron chi connectivity index (χ3n) is 2.18. The van der Waals surface area contributed by atoms with Crippen molar-refractivity contribution in [3.8, 4) is 0 Å². The zero-order valence-corrected chi connectivity index (χ0v) is 11.1. The first-order valence-electron chi connectivity index (χ1n) is 4.83. The van der Waals surface area contributed by atoms with Gasteiger partial charge < -0.3 is 0 Å². The molecule has 0 saturated heterocycles. The van der Waals surface area contributed by atoms with Crippen molar-refractivity contribution in [1.82, 2.24) is 4.98 Å². The monoisotopic (exact) mass is 295 g/mol. The van der Waals surface area contributed by atoms with Gasteiger partial charge >= 0.3 is 0 Å². The number of rotatable bonds is 3. The highest BCUT2D eigenvalue weighted by Gasteiger charge is 2.09. The molecule has 82 valence electrons. The van der Waals surface area contributed by atoms with Gasteiger partial charge in [0.25, 0.3) is 0 Å². The van der Waals surface area contributed by atoms with Crippen LogP contribution in [-0.2, 0) is 6.42 Å². The topological polar surface area (TPSA) is 30.0 Å². The smallest absolute Gasteiger partial charge is 0.168 e. The van der Waals surface area contributed by atoms with Crippen LogP contribution in [0.2, 0.25) is 0 Å². The van der Waals surface area contributed by atoms with Crippen LogP contribution < -0.4 is 0 Å². The molecule has 0 N–H and O–H groups in total. The fraction of sp³-hybridized carbons (Fsp3) is 0.167. The average molecular weight is 296 g/mol. The SMILES string of the molecule is Cc1cc(Br)cc(C(=O)Cc2cncs2)c1. The minimum Gasteiger partial charge on any atom is -0.294 e. The molecule has 0 aliphatic rings. The zero-order chi connectivity index (χ0) is 11.5. The molecule has 1 heterocycles. The van der Waals surface area contributed by atoms with E-state index < -0.39 is 0 Å². The van der Waals surface area contributed by atoms with Gasteiger partial charge in [0, 0.05) is 27.5 Å². The summed E-state index contributed by atoms with van der Waals surface area (Å²) in [5.41, 5.74) is 3.58. The Morgan fingerprint density at radius 1 is 1.44 bits per heavy atom. The maximum Gasteiger partial charge on any atom is 0.168 e. The van der Waals surface area contributed by atoms with Crippen LogP contribution >= 0.6 is 27.3 Å². The van der Waals surface area contributed by atoms with Crippen molar-refractivity contribution in [2.75, 3.05) is 0 Å². The molecular formula is C12H10BrNOS. The fourth-order valence-electron chi connectivity index (χ4n) is 1.49. The number of ketones is 1. The summed E-state index contributed by atoms with van der Waals surface area (Å²) in [7, 11) is 0. The van der Waals surface area contributed by atoms with Gasteiger partial charge in [-0.05, 0) is 30.7 Å². The summed E-state index contributed by atoms with van der Waals surface area (Å²) in [5, 5.41) is 0. The molecule has 1 aromatic carbocycles. The van der Waals surface area contributed by atoms with Crippen LogP contribution in [0.25, 0.3) is 0 Å². The summed E-state index contributed by atoms with van der Waals surface area (Å²) in [5.74, 6) is 0.133. The second-order valence-electron chi connectivity index (χ2n) is 3.58. The van der Waals surface area contributed by atoms with Crippen molar-refractivity contribution in [3.63, 3.8) is 0 Å². The van der Waals surface area contributed by atoms with Crippen LogP contribution in [0, 0.1) is 6.92 Å². The normalized spacial score (nSPS) is 10.4. The summed E-state index contributed by atoms with van der Waals surface area (Å²) < 4.78 is 0.945. The minimum atomic E-state index is 0.133. The van der Waals surface area contributed by atoms with Gasteiger partial charge in [-0.2, -0.15) is 0 Å². The van der Waals surface area contributed by atoms with E-state index in [-0.39, 0.29) is 5.78 Å². The Morgan fingerprint density at radius 2 is 2.25 bits per heavy atom. The summed E-state index contributed by atoms with van der Waals surface area (Å²) in [4.78, 5) is 16.9. The van der Waals surface area contributed by atoms with Gasteiger partial charge in [-0.3, -0.25) is 9.78 Å². The molecule has 0 bridgehead atoms. The number of benzene rings is 1. The van der Waals surface area contributed by atoms with Gasteiger partial charge in [0.05, 0.1) is 5.51 Å². The van der Waals surface area contributed by atoms with Gasteiger partial charge in [-0.25, -0.2) is 0 Å². The Morgan fingerprint density at radius 3 is 2.88 bits per heavy atom. The van der Waals surface area contributed by atoms with E-state index in [4.69, 9.17) is 0 Å². The largest absolute Gasteiger partial charge is 0.294 e. The number of carbonyl (C=O) groups is 1. The average Bonchev–Trinajstić information content (AvgIpc) is 2.68. The summed E-state index contributed by atoms with van der Waals surface area (Å²) in [6.07, 6.45) is 2.17. The molecule has 0 saturated carbocycles. The van der Waals surface area contributed by atoms with Gasteiger partial charge in [0.15, 0.2) is 5.78 Å². The van der Waals surface area contributed by atoms with Gasteiger partial charge in [0.2, 0.25) is 0 Å². The van der Waals surface area contributed by atoms with Crippen molar-refractivity contribution < 1.29 is 4.79 Å². The van der Waals surface area contributed by atoms with Crippen molar-refractivity contribution in [1.29, 1.82) is 0 Å². The molecule has 4 heteroatoms. The number of aryl methyl sites for hydroxylation is 1. The Kier molecular flexibility index (Phi) is 3.51. The maximum absolute atomic E-state index is 12.0. The van der Waals surface area contributed by atoms with E-state index in [1.54, 1.807) is 11.7 Å². The highest BCUT2D eigenvalue weighted by molar-refractivity contribution is 9.10. The molecule has 0 amide bonds. The molecule has 2 rings (SSSR count). The number of hydrogen-bond acceptors (Lipinski definition) is 3. The predicted octanol–water partition coefficient (Wildman–Crippen LogP) is 3.64. The Labute approximate surface area is 106 Å². The zero-order valence-electron chi connectivity index (χ0n) is 8.74. The second-order valence-corrected chi connectivity index (χ2v) is 5.47. The number of hydrogen-bond donors (Lipinski definition) is 0. The molecule has 2 aromatic rings. The van der Waals surface area contributed by atoms with Crippen LogP contribution in [-0.4, -0.2) is 10.8 Å². The van der Waals surface area contributed by atoms with Gasteiger partial charge in [0.1, 0.15) is 0 Å². The third-order valence-corrected chi connectivity index (χ3v) is 3.42. The van der Waals surface area contributed by atoms with Crippen LogP contribution in [0.5, 0.6) is 0 Å². The molecule has 0 aliphatic carbocycles. The van der Waals surface area contributed by atoms with Crippen LogP contribution in [0.3, 0.4) is 0 Å². The van der Waals surface area contributed by atoms with Crippen molar-refractivity contribution in [2.24, 2.45) is 0 Å². The lowest BCUT2D eigenvalue weighted by atomic mass is 10.1. The van der Waals surface area contributed by atoms with Crippen LogP contribution in [0.15, 0.2) is 34.4 Å². The highest BCUT2D eigenvalue weighted by atomic mass is 79.9. The summed E-state index contributed by atoms with van der Waals surface area (Å²) in [6.45, 7) is 1.98. The van der Waals surface area contributed by atoms with Crippen molar-refractivity contribution >= 4 is 33.0 Å². The van der Waals surface area contributed by atoms with E-state index in [0.717, 1.165) is 20.5 Å². The summed E-state index contributed by atoms with van der Waals surface area (Å²) >= 11 is 4.91. The van der Waals surface area contributed by atoms with Gasteiger partial charge in [-0.15, -0.1) is 11.3 Å². The first-order valence-corrected chi connectivity index (χ1v) is 6.50. The van der Waals surface area contributed by atoms with Crippen LogP contribution in [0.1, 0.15) is 20.8 Å². The van der Waals surface area contributed by atoms with Gasteiger partial charge in [-0.1, -0.05) is 15.9 Å². The van der Waals surface area contributed by atoms with E-state index >= 15 is 0 Å². The van der Waals surface area contributed by atoms with E-state index in [1.807, 2.05) is 25.1 Å². The first-order chi connectivity index (χ1) is 7.65. The lowest BCUT2D eigenvalue weighted by Gasteiger charge is -2.02. The summed E-state index contributed by atoms with van der Waals surface area (Å²) in [6, 6.07) is 5.76. The number of aromatic nitrogens is 1. The van der Waals surface area contributed by atoms with Crippen molar-refractivity contribution in [2.45, 2.75) is 13.3 Å². The predicted molar refractivity (Wildman–Crippen MR) is 69.0 cm³/mol. The molecule has 0 unspecified atom stereocenters. The number of thiazole rings is 1. The second kappa shape index (κ2) is 4.89. The molecule has 0 radical (unpaired) electrons. The Balaban J connectivity index is 2.21. The molecule has 0 spiro atoms. The van der Waals surface area contributed by atoms with Crippen LogP contribution in [0.4, 0.5) is 0 Å². The number of halogens is 1. The Hall–Kier alpha value is -1.000. The molecule has 2 nitrogen and oxygen atoms in total. The lowest BCUT2D eigenvalue weighted by molar-refractivity contribution is 0.0993. The molecule has 0 atom stereocenters. The van der Waals surface area contributed by atoms with E-state index in [2.05, 4.69) is 20.9 Å². The molecule has 0 fully saturated rings. The lowest BCUT2D eigenvalue weighted by Crippen LogP contribution is -2.02. The maximum atomic E-state index is 12.0. The Bertz CT molecular complexity index is 487. The molecule has 16 heavy (non-hydrogen) atoms. The third kappa shape index (κ3) is 2.77. The first kappa shape index (κ1) is 11.5. The minimum absolute atomic E-state index is 0.133.